The van der Waals surface area contributed by atoms with Gasteiger partial charge in [-0.15, -0.1) is 22.7 Å². The Morgan fingerprint density at radius 3 is 3.00 bits per heavy atom. The Morgan fingerprint density at radius 2 is 2.33 bits per heavy atom. The molecule has 0 aliphatic heterocycles. The first-order valence-electron chi connectivity index (χ1n) is 6.03. The summed E-state index contributed by atoms with van der Waals surface area (Å²) in [5.74, 6) is 0. The fourth-order valence-electron chi connectivity index (χ4n) is 1.70. The molecule has 5 heteroatoms. The van der Waals surface area contributed by atoms with Crippen molar-refractivity contribution in [3.63, 3.8) is 0 Å². The molecule has 0 aliphatic carbocycles. The van der Waals surface area contributed by atoms with Crippen molar-refractivity contribution < 1.29 is 4.74 Å². The molecule has 3 nitrogen and oxygen atoms in total. The number of ether oxygens (including phenoxy) is 1. The molecule has 2 rings (SSSR count). The molecular weight excluding hydrogens is 264 g/mol. The van der Waals surface area contributed by atoms with E-state index in [0.29, 0.717) is 6.61 Å². The van der Waals surface area contributed by atoms with Gasteiger partial charge in [0.25, 0.3) is 0 Å². The summed E-state index contributed by atoms with van der Waals surface area (Å²) in [4.78, 5) is 7.35. The lowest BCUT2D eigenvalue weighted by atomic mass is 10.3. The highest BCUT2D eigenvalue weighted by atomic mass is 32.1. The van der Waals surface area contributed by atoms with E-state index in [1.165, 1.54) is 14.8 Å². The van der Waals surface area contributed by atoms with E-state index in [2.05, 4.69) is 34.7 Å². The van der Waals surface area contributed by atoms with Gasteiger partial charge in [-0.1, -0.05) is 13.0 Å². The Hall–Kier alpha value is -0.750. The number of rotatable bonds is 7. The second-order valence-corrected chi connectivity index (χ2v) is 6.15. The van der Waals surface area contributed by atoms with E-state index in [-0.39, 0.29) is 0 Å². The summed E-state index contributed by atoms with van der Waals surface area (Å²) in [6.07, 6.45) is 0.936. The highest BCUT2D eigenvalue weighted by Gasteiger charge is 2.11. The highest BCUT2D eigenvalue weighted by Crippen LogP contribution is 2.23. The maximum Gasteiger partial charge on any atom is 0.0984 e. The third-order valence-corrected chi connectivity index (χ3v) is 4.52. The van der Waals surface area contributed by atoms with E-state index >= 15 is 0 Å². The lowest BCUT2D eigenvalue weighted by Gasteiger charge is -2.00. The van der Waals surface area contributed by atoms with Crippen LogP contribution >= 0.6 is 22.7 Å². The average Bonchev–Trinajstić information content (AvgIpc) is 2.98. The Balaban J connectivity index is 2.10. The zero-order valence-electron chi connectivity index (χ0n) is 10.7. The minimum atomic E-state index is 0.599. The third kappa shape index (κ3) is 3.62. The molecule has 2 aromatic heterocycles. The van der Waals surface area contributed by atoms with Gasteiger partial charge in [0.15, 0.2) is 0 Å². The first-order chi connectivity index (χ1) is 8.83. The van der Waals surface area contributed by atoms with Crippen LogP contribution in [0, 0.1) is 0 Å². The Morgan fingerprint density at radius 1 is 1.44 bits per heavy atom. The molecule has 0 aliphatic rings. The van der Waals surface area contributed by atoms with Crippen LogP contribution in [0.3, 0.4) is 0 Å². The lowest BCUT2D eigenvalue weighted by molar-refractivity contribution is 0.181. The molecular formula is C13H18N2OS2. The molecule has 18 heavy (non-hydrogen) atoms. The molecule has 0 aromatic carbocycles. The molecule has 2 aromatic rings. The Kier molecular flexibility index (Phi) is 5.31. The topological polar surface area (TPSA) is 34.2 Å². The van der Waals surface area contributed by atoms with Gasteiger partial charge in [0.1, 0.15) is 0 Å². The first kappa shape index (κ1) is 13.7. The maximum absolute atomic E-state index is 5.22. The number of nitrogens with one attached hydrogen (secondary N) is 1. The van der Waals surface area contributed by atoms with Crippen LogP contribution in [-0.2, 0) is 24.3 Å². The number of nitrogens with zero attached hydrogens (tertiary/aromatic N) is 1. The molecule has 1 N–H and O–H groups in total. The molecule has 0 spiro atoms. The van der Waals surface area contributed by atoms with Crippen LogP contribution in [0.2, 0.25) is 0 Å². The van der Waals surface area contributed by atoms with Crippen LogP contribution in [0.4, 0.5) is 0 Å². The van der Waals surface area contributed by atoms with Crippen LogP contribution in [-0.4, -0.2) is 18.6 Å². The molecule has 0 unspecified atom stereocenters. The number of thiophene rings is 1. The normalized spacial score (nSPS) is 11.0. The van der Waals surface area contributed by atoms with E-state index in [0.717, 1.165) is 25.2 Å². The second-order valence-electron chi connectivity index (χ2n) is 3.95. The summed E-state index contributed by atoms with van der Waals surface area (Å²) >= 11 is 3.57. The minimum absolute atomic E-state index is 0.599. The van der Waals surface area contributed by atoms with E-state index in [4.69, 9.17) is 4.74 Å². The highest BCUT2D eigenvalue weighted by molar-refractivity contribution is 7.12. The molecule has 98 valence electrons. The molecule has 0 bridgehead atoms. The fraction of sp³-hybridized carbons (Fsp3) is 0.462. The van der Waals surface area contributed by atoms with E-state index in [1.54, 1.807) is 29.8 Å². The third-order valence-electron chi connectivity index (χ3n) is 2.54. The molecule has 0 atom stereocenters. The first-order valence-corrected chi connectivity index (χ1v) is 7.72. The number of methoxy groups -OCH3 is 1. The van der Waals surface area contributed by atoms with Crippen LogP contribution in [0.5, 0.6) is 0 Å². The predicted octanol–water partition coefficient (Wildman–Crippen LogP) is 3.05. The van der Waals surface area contributed by atoms with Crippen molar-refractivity contribution in [1.82, 2.24) is 10.3 Å². The van der Waals surface area contributed by atoms with Gasteiger partial charge in [0, 0.05) is 29.8 Å². The maximum atomic E-state index is 5.22. The second kappa shape index (κ2) is 6.99. The molecule has 0 saturated carbocycles. The van der Waals surface area contributed by atoms with Crippen molar-refractivity contribution in [3.05, 3.63) is 38.0 Å². The van der Waals surface area contributed by atoms with E-state index < -0.39 is 0 Å². The SMILES string of the molecule is CCNCc1sc(Cc2cccs2)nc1COC. The molecule has 0 radical (unpaired) electrons. The van der Waals surface area contributed by atoms with Crippen molar-refractivity contribution in [2.75, 3.05) is 13.7 Å². The summed E-state index contributed by atoms with van der Waals surface area (Å²) in [6.45, 7) is 4.58. The van der Waals surface area contributed by atoms with Gasteiger partial charge in [-0.05, 0) is 18.0 Å². The molecule has 0 saturated heterocycles. The van der Waals surface area contributed by atoms with Gasteiger partial charge in [-0.2, -0.15) is 0 Å². The minimum Gasteiger partial charge on any atom is -0.378 e. The lowest BCUT2D eigenvalue weighted by Crippen LogP contribution is -2.12. The Bertz CT molecular complexity index is 465. The van der Waals surface area contributed by atoms with Gasteiger partial charge in [0.2, 0.25) is 0 Å². The van der Waals surface area contributed by atoms with Gasteiger partial charge < -0.3 is 10.1 Å². The zero-order valence-corrected chi connectivity index (χ0v) is 12.4. The number of thiazole rings is 1. The van der Waals surface area contributed by atoms with Crippen molar-refractivity contribution in [3.8, 4) is 0 Å². The van der Waals surface area contributed by atoms with Crippen LogP contribution in [0.25, 0.3) is 0 Å². The van der Waals surface area contributed by atoms with Crippen molar-refractivity contribution >= 4 is 22.7 Å². The van der Waals surface area contributed by atoms with Crippen molar-refractivity contribution in [2.24, 2.45) is 0 Å². The quantitative estimate of drug-likeness (QED) is 0.847. The molecule has 0 amide bonds. The summed E-state index contributed by atoms with van der Waals surface area (Å²) in [7, 11) is 1.72. The number of aromatic nitrogens is 1. The van der Waals surface area contributed by atoms with Crippen LogP contribution in [0.1, 0.15) is 27.4 Å². The fourth-order valence-corrected chi connectivity index (χ4v) is 3.57. The average molecular weight is 282 g/mol. The van der Waals surface area contributed by atoms with Crippen molar-refractivity contribution in [1.29, 1.82) is 0 Å². The summed E-state index contributed by atoms with van der Waals surface area (Å²) < 4.78 is 5.22. The van der Waals surface area contributed by atoms with Gasteiger partial charge in [-0.3, -0.25) is 0 Å². The number of hydrogen-bond donors (Lipinski definition) is 1. The summed E-state index contributed by atoms with van der Waals surface area (Å²) in [6, 6.07) is 4.25. The van der Waals surface area contributed by atoms with Gasteiger partial charge >= 0.3 is 0 Å². The smallest absolute Gasteiger partial charge is 0.0984 e. The monoisotopic (exact) mass is 282 g/mol. The largest absolute Gasteiger partial charge is 0.378 e. The van der Waals surface area contributed by atoms with Gasteiger partial charge in [-0.25, -0.2) is 4.98 Å². The van der Waals surface area contributed by atoms with E-state index in [1.807, 2.05) is 0 Å². The summed E-state index contributed by atoms with van der Waals surface area (Å²) in [5, 5.41) is 6.64. The molecule has 0 fully saturated rings. The summed E-state index contributed by atoms with van der Waals surface area (Å²) in [5.41, 5.74) is 1.08. The molecule has 2 heterocycles. The van der Waals surface area contributed by atoms with Crippen molar-refractivity contribution in [2.45, 2.75) is 26.5 Å². The predicted molar refractivity (Wildman–Crippen MR) is 77.3 cm³/mol. The van der Waals surface area contributed by atoms with Gasteiger partial charge in [0.05, 0.1) is 17.3 Å². The zero-order chi connectivity index (χ0) is 12.8. The van der Waals surface area contributed by atoms with Crippen LogP contribution < -0.4 is 5.32 Å². The number of hydrogen-bond acceptors (Lipinski definition) is 5. The standard InChI is InChI=1S/C13H18N2OS2/c1-3-14-8-12-11(9-16-2)15-13(18-12)7-10-5-4-6-17-10/h4-6,14H,3,7-9H2,1-2H3. The van der Waals surface area contributed by atoms with Crippen LogP contribution in [0.15, 0.2) is 17.5 Å². The Labute approximate surface area is 116 Å². The van der Waals surface area contributed by atoms with E-state index in [9.17, 15) is 0 Å².